The predicted octanol–water partition coefficient (Wildman–Crippen LogP) is 2.45. The number of hydrogen-bond acceptors (Lipinski definition) is 9. The van der Waals surface area contributed by atoms with Gasteiger partial charge in [0, 0.05) is 23.3 Å². The van der Waals surface area contributed by atoms with E-state index in [4.69, 9.17) is 0 Å². The third kappa shape index (κ3) is 4.77. The van der Waals surface area contributed by atoms with Crippen LogP contribution in [-0.2, 0) is 4.74 Å². The minimum Gasteiger partial charge on any atom is -0.465 e. The van der Waals surface area contributed by atoms with E-state index in [1.807, 2.05) is 6.07 Å². The van der Waals surface area contributed by atoms with E-state index >= 15 is 0 Å². The molecule has 0 radical (unpaired) electrons. The molecule has 0 saturated heterocycles. The summed E-state index contributed by atoms with van der Waals surface area (Å²) >= 11 is 0. The topological polar surface area (TPSA) is 163 Å². The highest BCUT2D eigenvalue weighted by Gasteiger charge is 2.15. The van der Waals surface area contributed by atoms with Gasteiger partial charge in [-0.05, 0) is 6.07 Å². The number of benzene rings is 2. The lowest BCUT2D eigenvalue weighted by molar-refractivity contribution is -0.384. The minimum absolute atomic E-state index is 0.0191. The molecule has 2 N–H and O–H groups in total. The van der Waals surface area contributed by atoms with Gasteiger partial charge in [0.2, 0.25) is 5.95 Å². The molecule has 0 saturated carbocycles. The van der Waals surface area contributed by atoms with Crippen LogP contribution in [-0.4, -0.2) is 34.2 Å². The van der Waals surface area contributed by atoms with Gasteiger partial charge in [0.1, 0.15) is 11.6 Å². The Morgan fingerprint density at radius 3 is 2.71 bits per heavy atom. The highest BCUT2D eigenvalue weighted by molar-refractivity contribution is 5.93. The first-order valence-electron chi connectivity index (χ1n) is 8.69. The zero-order valence-electron chi connectivity index (χ0n) is 16.0. The van der Waals surface area contributed by atoms with Gasteiger partial charge in [0.05, 0.1) is 29.5 Å². The van der Waals surface area contributed by atoms with E-state index in [1.165, 1.54) is 18.3 Å². The van der Waals surface area contributed by atoms with Crippen molar-refractivity contribution < 1.29 is 14.5 Å². The molecule has 1 heterocycles. The smallest absolute Gasteiger partial charge is 0.338 e. The first-order valence-corrected chi connectivity index (χ1v) is 8.69. The molecule has 154 valence electrons. The standard InChI is InChI=1S/C20H14N6O5/c1-31-19(28)14-7-12(8-15(9-14)26(29)30)11-22-25-20-23-17(13-5-3-2-4-6-13)16(10-21)18(27)24-20/h2-9,11H,1H3,(H2,23,24,25,27). The van der Waals surface area contributed by atoms with E-state index in [0.29, 0.717) is 5.56 Å². The zero-order chi connectivity index (χ0) is 22.4. The van der Waals surface area contributed by atoms with E-state index in [2.05, 4.69) is 25.2 Å². The van der Waals surface area contributed by atoms with Crippen LogP contribution in [0.15, 0.2) is 58.4 Å². The number of anilines is 1. The number of nitro groups is 1. The van der Waals surface area contributed by atoms with Crippen molar-refractivity contribution in [3.63, 3.8) is 0 Å². The number of nitro benzene ring substituents is 1. The summed E-state index contributed by atoms with van der Waals surface area (Å²) in [6, 6.07) is 14.2. The number of carbonyl (C=O) groups is 1. The van der Waals surface area contributed by atoms with Crippen LogP contribution in [0.5, 0.6) is 0 Å². The van der Waals surface area contributed by atoms with Crippen LogP contribution >= 0.6 is 0 Å². The molecule has 0 aliphatic rings. The second-order valence-electron chi connectivity index (χ2n) is 6.05. The van der Waals surface area contributed by atoms with Crippen molar-refractivity contribution in [3.8, 4) is 17.3 Å². The normalized spacial score (nSPS) is 10.5. The molecule has 31 heavy (non-hydrogen) atoms. The summed E-state index contributed by atoms with van der Waals surface area (Å²) < 4.78 is 4.59. The van der Waals surface area contributed by atoms with E-state index < -0.39 is 16.5 Å². The Labute approximate surface area is 174 Å². The summed E-state index contributed by atoms with van der Waals surface area (Å²) in [4.78, 5) is 41.0. The Bertz CT molecular complexity index is 1280. The van der Waals surface area contributed by atoms with Crippen molar-refractivity contribution in [1.82, 2.24) is 9.97 Å². The van der Waals surface area contributed by atoms with Crippen molar-refractivity contribution in [1.29, 1.82) is 5.26 Å². The van der Waals surface area contributed by atoms with Crippen LogP contribution in [0.3, 0.4) is 0 Å². The lowest BCUT2D eigenvalue weighted by Crippen LogP contribution is -2.16. The highest BCUT2D eigenvalue weighted by Crippen LogP contribution is 2.20. The third-order valence-electron chi connectivity index (χ3n) is 4.03. The monoisotopic (exact) mass is 418 g/mol. The molecule has 0 aliphatic carbocycles. The van der Waals surface area contributed by atoms with Crippen LogP contribution in [0, 0.1) is 21.4 Å². The number of carbonyl (C=O) groups excluding carboxylic acids is 1. The van der Waals surface area contributed by atoms with Gasteiger partial charge in [0.25, 0.3) is 11.2 Å². The van der Waals surface area contributed by atoms with E-state index in [0.717, 1.165) is 13.2 Å². The molecule has 0 bridgehead atoms. The number of ether oxygens (including phenoxy) is 1. The number of hydrogen-bond donors (Lipinski definition) is 2. The van der Waals surface area contributed by atoms with Crippen LogP contribution in [0.2, 0.25) is 0 Å². The molecular formula is C20H14N6O5. The number of nitriles is 1. The molecule has 0 fully saturated rings. The number of esters is 1. The van der Waals surface area contributed by atoms with Gasteiger partial charge in [-0.1, -0.05) is 30.3 Å². The molecule has 11 nitrogen and oxygen atoms in total. The number of methoxy groups -OCH3 is 1. The first-order chi connectivity index (χ1) is 14.9. The first kappa shape index (κ1) is 20.9. The number of nitrogens with one attached hydrogen (secondary N) is 2. The van der Waals surface area contributed by atoms with E-state index in [9.17, 15) is 25.0 Å². The van der Waals surface area contributed by atoms with Crippen LogP contribution in [0.4, 0.5) is 11.6 Å². The Morgan fingerprint density at radius 1 is 1.32 bits per heavy atom. The Hall–Kier alpha value is -4.85. The maximum atomic E-state index is 12.2. The van der Waals surface area contributed by atoms with E-state index in [-0.39, 0.29) is 34.0 Å². The number of nitrogens with zero attached hydrogens (tertiary/aromatic N) is 4. The molecule has 0 unspecified atom stereocenters. The summed E-state index contributed by atoms with van der Waals surface area (Å²) in [5, 5.41) is 24.3. The number of rotatable bonds is 6. The van der Waals surface area contributed by atoms with Crippen molar-refractivity contribution >= 4 is 23.8 Å². The maximum absolute atomic E-state index is 12.2. The van der Waals surface area contributed by atoms with Gasteiger partial charge in [-0.15, -0.1) is 0 Å². The Balaban J connectivity index is 1.93. The zero-order valence-corrected chi connectivity index (χ0v) is 16.0. The Morgan fingerprint density at radius 2 is 2.06 bits per heavy atom. The number of non-ortho nitro benzene ring substituents is 1. The molecule has 1 aromatic heterocycles. The highest BCUT2D eigenvalue weighted by atomic mass is 16.6. The van der Waals surface area contributed by atoms with Crippen molar-refractivity contribution in [2.45, 2.75) is 0 Å². The fourth-order valence-electron chi connectivity index (χ4n) is 2.65. The third-order valence-corrected chi connectivity index (χ3v) is 4.03. The second-order valence-corrected chi connectivity index (χ2v) is 6.05. The molecule has 3 rings (SSSR count). The Kier molecular flexibility index (Phi) is 6.13. The van der Waals surface area contributed by atoms with Gasteiger partial charge >= 0.3 is 5.97 Å². The van der Waals surface area contributed by atoms with Crippen molar-refractivity contribution in [3.05, 3.63) is 85.7 Å². The minimum atomic E-state index is -0.739. The van der Waals surface area contributed by atoms with Crippen LogP contribution in [0.1, 0.15) is 21.5 Å². The molecule has 3 aromatic rings. The van der Waals surface area contributed by atoms with Crippen molar-refractivity contribution in [2.24, 2.45) is 5.10 Å². The summed E-state index contributed by atoms with van der Waals surface area (Å²) in [6.45, 7) is 0. The predicted molar refractivity (Wildman–Crippen MR) is 111 cm³/mol. The van der Waals surface area contributed by atoms with E-state index in [1.54, 1.807) is 30.3 Å². The van der Waals surface area contributed by atoms with Gasteiger partial charge in [-0.2, -0.15) is 10.4 Å². The summed E-state index contributed by atoms with van der Waals surface area (Å²) in [7, 11) is 1.16. The SMILES string of the molecule is COC(=O)c1cc(C=NNc2nc(-c3ccccc3)c(C#N)c(=O)[nH]2)cc([N+](=O)[O-])c1. The molecule has 0 aliphatic heterocycles. The number of aromatic nitrogens is 2. The quantitative estimate of drug-likeness (QED) is 0.267. The number of aromatic amines is 1. The van der Waals surface area contributed by atoms with Gasteiger partial charge < -0.3 is 4.74 Å². The fraction of sp³-hybridized carbons (Fsp3) is 0.0500. The average molecular weight is 418 g/mol. The molecule has 0 spiro atoms. The summed E-state index contributed by atoms with van der Waals surface area (Å²) in [6.07, 6.45) is 1.21. The molecular weight excluding hydrogens is 404 g/mol. The van der Waals surface area contributed by atoms with Crippen LogP contribution < -0.4 is 11.0 Å². The fourth-order valence-corrected chi connectivity index (χ4v) is 2.65. The molecule has 0 amide bonds. The van der Waals surface area contributed by atoms with Crippen molar-refractivity contribution in [2.75, 3.05) is 12.5 Å². The van der Waals surface area contributed by atoms with Gasteiger partial charge in [-0.25, -0.2) is 15.2 Å². The lowest BCUT2D eigenvalue weighted by Gasteiger charge is -2.06. The van der Waals surface area contributed by atoms with Crippen LogP contribution in [0.25, 0.3) is 11.3 Å². The summed E-state index contributed by atoms with van der Waals surface area (Å²) in [5.41, 5.74) is 2.35. The maximum Gasteiger partial charge on any atom is 0.338 e. The summed E-state index contributed by atoms with van der Waals surface area (Å²) in [5.74, 6) is -0.783. The van der Waals surface area contributed by atoms with Gasteiger partial charge in [-0.3, -0.25) is 19.9 Å². The average Bonchev–Trinajstić information content (AvgIpc) is 2.78. The van der Waals surface area contributed by atoms with Gasteiger partial charge in [0.15, 0.2) is 0 Å². The number of hydrazone groups is 1. The molecule has 2 aromatic carbocycles. The second kappa shape index (κ2) is 9.10. The number of H-pyrrole nitrogens is 1. The molecule has 11 heteroatoms. The largest absolute Gasteiger partial charge is 0.465 e. The molecule has 0 atom stereocenters. The lowest BCUT2D eigenvalue weighted by atomic mass is 10.1.